The third-order valence-corrected chi connectivity index (χ3v) is 5.78. The summed E-state index contributed by atoms with van der Waals surface area (Å²) in [5, 5.41) is 7.48. The molecule has 4 aromatic heterocycles. The van der Waals surface area contributed by atoms with Gasteiger partial charge in [-0.1, -0.05) is 6.07 Å². The van der Waals surface area contributed by atoms with E-state index in [1.54, 1.807) is 18.3 Å². The summed E-state index contributed by atoms with van der Waals surface area (Å²) in [6.07, 6.45) is 1.44. The number of halogens is 3. The number of rotatable bonds is 4. The Kier molecular flexibility index (Phi) is 5.46. The molecule has 10 nitrogen and oxygen atoms in total. The maximum Gasteiger partial charge on any atom is 0.451 e. The van der Waals surface area contributed by atoms with Gasteiger partial charge in [-0.2, -0.15) is 13.2 Å². The summed E-state index contributed by atoms with van der Waals surface area (Å²) < 4.78 is 47.6. The summed E-state index contributed by atoms with van der Waals surface area (Å²) in [5.41, 5.74) is 2.59. The minimum atomic E-state index is -4.60. The molecule has 13 heteroatoms. The predicted molar refractivity (Wildman–Crippen MR) is 118 cm³/mol. The number of aromatic nitrogens is 7. The first-order valence-corrected chi connectivity index (χ1v) is 10.5. The number of aryl methyl sites for hydroxylation is 1. The zero-order valence-electron chi connectivity index (χ0n) is 18.7. The molecule has 0 radical (unpaired) electrons. The van der Waals surface area contributed by atoms with Crippen molar-refractivity contribution in [3.63, 3.8) is 0 Å². The van der Waals surface area contributed by atoms with Crippen LogP contribution in [0, 0.1) is 0 Å². The molecule has 5 heterocycles. The number of carbonyl (C=O) groups excluding carboxylic acids is 1. The lowest BCUT2D eigenvalue weighted by molar-refractivity contribution is -0.148. The lowest BCUT2D eigenvalue weighted by atomic mass is 10.1. The SMILES string of the molecule is COc1ncnc2c1c(/C=C/C(=O)N1CCn3c(nnc3C(F)(F)F)C1)c(-c1ccccn1)n2C. The Morgan fingerprint density at radius 1 is 1.14 bits per heavy atom. The number of alkyl halides is 3. The molecule has 35 heavy (non-hydrogen) atoms. The Morgan fingerprint density at radius 3 is 2.69 bits per heavy atom. The fourth-order valence-electron chi connectivity index (χ4n) is 4.20. The molecule has 1 aliphatic rings. The summed E-state index contributed by atoms with van der Waals surface area (Å²) in [6, 6.07) is 5.48. The largest absolute Gasteiger partial charge is 0.480 e. The van der Waals surface area contributed by atoms with Gasteiger partial charge in [-0.15, -0.1) is 10.2 Å². The number of ether oxygens (including phenoxy) is 1. The van der Waals surface area contributed by atoms with Crippen LogP contribution in [0.25, 0.3) is 28.5 Å². The van der Waals surface area contributed by atoms with Gasteiger partial charge in [0.2, 0.25) is 17.6 Å². The van der Waals surface area contributed by atoms with Crippen LogP contribution < -0.4 is 4.74 Å². The minimum absolute atomic E-state index is 0.0497. The lowest BCUT2D eigenvalue weighted by Crippen LogP contribution is -2.38. The number of methoxy groups -OCH3 is 1. The van der Waals surface area contributed by atoms with Crippen molar-refractivity contribution in [2.24, 2.45) is 7.05 Å². The molecule has 0 unspecified atom stereocenters. The summed E-state index contributed by atoms with van der Waals surface area (Å²) in [5.74, 6) is -1.02. The topological polar surface area (TPSA) is 104 Å². The van der Waals surface area contributed by atoms with E-state index in [1.165, 1.54) is 24.4 Å². The third kappa shape index (κ3) is 3.88. The number of nitrogens with zero attached hydrogens (tertiary/aromatic N) is 8. The van der Waals surface area contributed by atoms with Crippen LogP contribution >= 0.6 is 0 Å². The van der Waals surface area contributed by atoms with Gasteiger partial charge in [0.15, 0.2) is 5.82 Å². The van der Waals surface area contributed by atoms with E-state index in [0.29, 0.717) is 33.9 Å². The van der Waals surface area contributed by atoms with Gasteiger partial charge in [0, 0.05) is 38.0 Å². The van der Waals surface area contributed by atoms with E-state index in [1.807, 2.05) is 23.7 Å². The van der Waals surface area contributed by atoms with E-state index in [0.717, 1.165) is 4.57 Å². The van der Waals surface area contributed by atoms with Crippen molar-refractivity contribution in [3.8, 4) is 17.3 Å². The summed E-state index contributed by atoms with van der Waals surface area (Å²) >= 11 is 0. The average molecular weight is 484 g/mol. The van der Waals surface area contributed by atoms with Gasteiger partial charge in [0.25, 0.3) is 0 Å². The fourth-order valence-corrected chi connectivity index (χ4v) is 4.20. The Labute approximate surface area is 196 Å². The molecule has 0 atom stereocenters. The molecule has 0 fully saturated rings. The van der Waals surface area contributed by atoms with Crippen LogP contribution in [-0.2, 0) is 31.1 Å². The Bertz CT molecular complexity index is 1440. The van der Waals surface area contributed by atoms with E-state index in [2.05, 4.69) is 25.1 Å². The molecule has 1 amide bonds. The Balaban J connectivity index is 1.51. The van der Waals surface area contributed by atoms with Crippen molar-refractivity contribution >= 4 is 23.0 Å². The Hall–Kier alpha value is -4.29. The highest BCUT2D eigenvalue weighted by molar-refractivity contribution is 6.01. The summed E-state index contributed by atoms with van der Waals surface area (Å²) in [6.45, 7) is -0.0421. The van der Waals surface area contributed by atoms with Crippen LogP contribution in [0.4, 0.5) is 13.2 Å². The maximum atomic E-state index is 13.1. The van der Waals surface area contributed by atoms with Crippen molar-refractivity contribution in [3.05, 3.63) is 54.0 Å². The molecular formula is C22H19F3N8O2. The second kappa shape index (κ2) is 8.49. The molecule has 0 N–H and O–H groups in total. The number of fused-ring (bicyclic) bond motifs is 2. The van der Waals surface area contributed by atoms with Crippen molar-refractivity contribution in [1.29, 1.82) is 0 Å². The zero-order valence-corrected chi connectivity index (χ0v) is 18.7. The van der Waals surface area contributed by atoms with Gasteiger partial charge in [0.1, 0.15) is 12.0 Å². The molecule has 0 aromatic carbocycles. The summed E-state index contributed by atoms with van der Waals surface area (Å²) in [4.78, 5) is 27.4. The quantitative estimate of drug-likeness (QED) is 0.410. The summed E-state index contributed by atoms with van der Waals surface area (Å²) in [7, 11) is 3.32. The van der Waals surface area contributed by atoms with Gasteiger partial charge in [-0.25, -0.2) is 9.97 Å². The molecule has 0 saturated carbocycles. The van der Waals surface area contributed by atoms with E-state index in [9.17, 15) is 18.0 Å². The molecule has 0 saturated heterocycles. The molecular weight excluding hydrogens is 465 g/mol. The maximum absolute atomic E-state index is 13.1. The van der Waals surface area contributed by atoms with Gasteiger partial charge in [-0.05, 0) is 18.2 Å². The third-order valence-electron chi connectivity index (χ3n) is 5.78. The molecule has 0 aliphatic carbocycles. The van der Waals surface area contributed by atoms with Crippen molar-refractivity contribution in [2.75, 3.05) is 13.7 Å². The van der Waals surface area contributed by atoms with E-state index in [-0.39, 0.29) is 31.4 Å². The number of hydrogen-bond donors (Lipinski definition) is 0. The second-order valence-electron chi connectivity index (χ2n) is 7.80. The van der Waals surface area contributed by atoms with E-state index >= 15 is 0 Å². The van der Waals surface area contributed by atoms with Gasteiger partial charge in [-0.3, -0.25) is 9.78 Å². The lowest BCUT2D eigenvalue weighted by Gasteiger charge is -2.27. The molecule has 5 rings (SSSR count). The molecule has 1 aliphatic heterocycles. The molecule has 0 spiro atoms. The average Bonchev–Trinajstić information content (AvgIpc) is 3.41. The number of hydrogen-bond acceptors (Lipinski definition) is 7. The highest BCUT2D eigenvalue weighted by Crippen LogP contribution is 2.36. The first kappa shape index (κ1) is 22.5. The number of carbonyl (C=O) groups is 1. The van der Waals surface area contributed by atoms with Crippen LogP contribution in [-0.4, -0.2) is 58.7 Å². The van der Waals surface area contributed by atoms with Crippen LogP contribution in [0.1, 0.15) is 17.2 Å². The van der Waals surface area contributed by atoms with E-state index in [4.69, 9.17) is 4.74 Å². The Morgan fingerprint density at radius 2 is 1.97 bits per heavy atom. The number of amides is 1. The standard InChI is InChI=1S/C22H19F3N8O2/c1-31-18(14-5-3-4-8-26-14)13(17-19(31)27-12-28-20(17)35-2)6-7-16(34)32-9-10-33-15(11-32)29-30-21(33)22(23,24)25/h3-8,12H,9-11H2,1-2H3/b7-6+. The molecule has 0 bridgehead atoms. The highest BCUT2D eigenvalue weighted by Gasteiger charge is 2.39. The van der Waals surface area contributed by atoms with Crippen LogP contribution in [0.2, 0.25) is 0 Å². The van der Waals surface area contributed by atoms with Gasteiger partial charge in [0.05, 0.1) is 30.4 Å². The first-order chi connectivity index (χ1) is 16.8. The van der Waals surface area contributed by atoms with Crippen LogP contribution in [0.5, 0.6) is 5.88 Å². The van der Waals surface area contributed by atoms with Crippen LogP contribution in [0.15, 0.2) is 36.8 Å². The smallest absolute Gasteiger partial charge is 0.451 e. The van der Waals surface area contributed by atoms with Gasteiger partial charge < -0.3 is 18.8 Å². The predicted octanol–water partition coefficient (Wildman–Crippen LogP) is 2.70. The van der Waals surface area contributed by atoms with Crippen molar-refractivity contribution < 1.29 is 22.7 Å². The van der Waals surface area contributed by atoms with Crippen molar-refractivity contribution in [1.82, 2.24) is 39.2 Å². The van der Waals surface area contributed by atoms with Gasteiger partial charge >= 0.3 is 6.18 Å². The van der Waals surface area contributed by atoms with Crippen LogP contribution in [0.3, 0.4) is 0 Å². The monoisotopic (exact) mass is 484 g/mol. The van der Waals surface area contributed by atoms with Crippen molar-refractivity contribution in [2.45, 2.75) is 19.3 Å². The normalized spacial score (nSPS) is 14.0. The zero-order chi connectivity index (χ0) is 24.7. The molecule has 4 aromatic rings. The van der Waals surface area contributed by atoms with E-state index < -0.39 is 12.0 Å². The second-order valence-corrected chi connectivity index (χ2v) is 7.80. The number of pyridine rings is 1. The molecule has 180 valence electrons. The minimum Gasteiger partial charge on any atom is -0.480 e. The first-order valence-electron chi connectivity index (χ1n) is 10.5. The fraction of sp³-hybridized carbons (Fsp3) is 0.273. The highest BCUT2D eigenvalue weighted by atomic mass is 19.4.